The molecule has 0 radical (unpaired) electrons. The summed E-state index contributed by atoms with van der Waals surface area (Å²) < 4.78 is 6.30. The van der Waals surface area contributed by atoms with Gasteiger partial charge in [-0.2, -0.15) is 0 Å². The van der Waals surface area contributed by atoms with Gasteiger partial charge in [-0.1, -0.05) is 4.68 Å². The Hall–Kier alpha value is -1.25. The Kier molecular flexibility index (Phi) is 1.53. The lowest BCUT2D eigenvalue weighted by Crippen LogP contribution is -2.44. The maximum Gasteiger partial charge on any atom is 0.396 e. The first-order valence-corrected chi connectivity index (χ1v) is 2.64. The van der Waals surface area contributed by atoms with Crippen LogP contribution in [0.15, 0.2) is 24.4 Å². The third kappa shape index (κ3) is 1.10. The number of hydrogen-bond acceptors (Lipinski definition) is 2. The summed E-state index contributed by atoms with van der Waals surface area (Å²) in [6.45, 7) is 0. The third-order valence-electron chi connectivity index (χ3n) is 1.06. The van der Waals surface area contributed by atoms with Gasteiger partial charge in [0.15, 0.2) is 0 Å². The van der Waals surface area contributed by atoms with Gasteiger partial charge in [0.2, 0.25) is 6.20 Å². The van der Waals surface area contributed by atoms with Gasteiger partial charge in [0.1, 0.15) is 0 Å². The van der Waals surface area contributed by atoms with Gasteiger partial charge in [0.25, 0.3) is 0 Å². The Morgan fingerprint density at radius 1 is 1.56 bits per heavy atom. The normalized spacial score (nSPS) is 9.00. The highest BCUT2D eigenvalue weighted by Crippen LogP contribution is 1.95. The molecular formula is C6H9N2O+. The zero-order valence-corrected chi connectivity index (χ0v) is 5.24. The largest absolute Gasteiger partial charge is 0.446 e. The molecule has 0 aliphatic heterocycles. The zero-order chi connectivity index (χ0) is 6.69. The molecular weight excluding hydrogens is 116 g/mol. The Balaban J connectivity index is 3.01. The molecule has 0 unspecified atom stereocenters. The number of pyridine rings is 1. The monoisotopic (exact) mass is 125 g/mol. The average Bonchev–Trinajstić information content (AvgIpc) is 1.89. The van der Waals surface area contributed by atoms with Crippen LogP contribution in [0.25, 0.3) is 0 Å². The van der Waals surface area contributed by atoms with E-state index < -0.39 is 0 Å². The summed E-state index contributed by atoms with van der Waals surface area (Å²) >= 11 is 0. The van der Waals surface area contributed by atoms with Crippen LogP contribution in [0.1, 0.15) is 0 Å². The van der Waals surface area contributed by atoms with Gasteiger partial charge >= 0.3 is 5.88 Å². The number of nitrogens with two attached hydrogens (primary N) is 1. The molecule has 0 amide bonds. The molecule has 0 saturated carbocycles. The van der Waals surface area contributed by atoms with E-state index in [9.17, 15) is 0 Å². The average molecular weight is 125 g/mol. The van der Waals surface area contributed by atoms with Crippen molar-refractivity contribution in [1.29, 1.82) is 0 Å². The van der Waals surface area contributed by atoms with Crippen molar-refractivity contribution in [1.82, 2.24) is 0 Å². The van der Waals surface area contributed by atoms with Crippen LogP contribution in [-0.2, 0) is 0 Å². The van der Waals surface area contributed by atoms with Crippen molar-refractivity contribution in [3.8, 4) is 5.88 Å². The third-order valence-corrected chi connectivity index (χ3v) is 1.06. The number of rotatable bonds is 1. The second-order valence-electron chi connectivity index (χ2n) is 1.65. The molecule has 9 heavy (non-hydrogen) atoms. The first kappa shape index (κ1) is 5.88. The highest BCUT2D eigenvalue weighted by molar-refractivity contribution is 5.01. The van der Waals surface area contributed by atoms with Gasteiger partial charge in [-0.05, 0) is 6.07 Å². The molecule has 0 atom stereocenters. The molecule has 0 spiro atoms. The maximum atomic E-state index is 5.42. The maximum absolute atomic E-state index is 5.42. The molecule has 0 fully saturated rings. The zero-order valence-electron chi connectivity index (χ0n) is 5.24. The Morgan fingerprint density at radius 2 is 2.33 bits per heavy atom. The molecule has 0 saturated heterocycles. The highest BCUT2D eigenvalue weighted by Gasteiger charge is 2.01. The Labute approximate surface area is 53.6 Å². The van der Waals surface area contributed by atoms with Crippen LogP contribution in [0.3, 0.4) is 0 Å². The molecule has 1 heterocycles. The van der Waals surface area contributed by atoms with Gasteiger partial charge in [-0.25, -0.2) is 5.84 Å². The van der Waals surface area contributed by atoms with E-state index >= 15 is 0 Å². The van der Waals surface area contributed by atoms with E-state index in [4.69, 9.17) is 10.6 Å². The van der Waals surface area contributed by atoms with Gasteiger partial charge in [0, 0.05) is 6.07 Å². The lowest BCUT2D eigenvalue weighted by atomic mass is 10.5. The van der Waals surface area contributed by atoms with Crippen molar-refractivity contribution in [2.45, 2.75) is 0 Å². The minimum Gasteiger partial charge on any atom is -0.446 e. The number of nitrogens with zero attached hydrogens (tertiary/aromatic N) is 1. The molecule has 0 aliphatic carbocycles. The van der Waals surface area contributed by atoms with Crippen molar-refractivity contribution < 1.29 is 9.41 Å². The summed E-state index contributed by atoms with van der Waals surface area (Å²) in [5, 5.41) is 0. The molecule has 0 aromatic carbocycles. The predicted molar refractivity (Wildman–Crippen MR) is 33.3 cm³/mol. The molecule has 0 bridgehead atoms. The second-order valence-corrected chi connectivity index (χ2v) is 1.65. The van der Waals surface area contributed by atoms with E-state index in [-0.39, 0.29) is 0 Å². The van der Waals surface area contributed by atoms with Crippen LogP contribution in [0.2, 0.25) is 0 Å². The van der Waals surface area contributed by atoms with Crippen LogP contribution in [0, 0.1) is 0 Å². The van der Waals surface area contributed by atoms with Crippen molar-refractivity contribution in [3.63, 3.8) is 0 Å². The molecule has 1 rings (SSSR count). The number of hydrogen-bond donors (Lipinski definition) is 1. The Bertz CT molecular complexity index is 200. The van der Waals surface area contributed by atoms with Crippen LogP contribution in [-0.4, -0.2) is 7.11 Å². The molecule has 48 valence electrons. The minimum atomic E-state index is 0.650. The van der Waals surface area contributed by atoms with E-state index in [2.05, 4.69) is 0 Å². The topological polar surface area (TPSA) is 39.1 Å². The van der Waals surface area contributed by atoms with E-state index in [0.717, 1.165) is 0 Å². The SMILES string of the molecule is COc1cccc[n+]1N. The fourth-order valence-electron chi connectivity index (χ4n) is 0.613. The Morgan fingerprint density at radius 3 is 2.78 bits per heavy atom. The first-order chi connectivity index (χ1) is 4.34. The fraction of sp³-hybridized carbons (Fsp3) is 0.167. The molecule has 0 aliphatic rings. The minimum absolute atomic E-state index is 0.650. The number of aromatic nitrogens is 1. The first-order valence-electron chi connectivity index (χ1n) is 2.64. The van der Waals surface area contributed by atoms with Crippen LogP contribution < -0.4 is 15.3 Å². The number of methoxy groups -OCH3 is 1. The molecule has 3 nitrogen and oxygen atoms in total. The van der Waals surface area contributed by atoms with Gasteiger partial charge in [0.05, 0.1) is 13.2 Å². The summed E-state index contributed by atoms with van der Waals surface area (Å²) in [7, 11) is 1.58. The summed E-state index contributed by atoms with van der Waals surface area (Å²) in [6, 6.07) is 5.49. The van der Waals surface area contributed by atoms with Crippen molar-refractivity contribution in [2.75, 3.05) is 13.0 Å². The van der Waals surface area contributed by atoms with Gasteiger partial charge in [-0.15, -0.1) is 0 Å². The molecule has 3 heteroatoms. The smallest absolute Gasteiger partial charge is 0.396 e. The van der Waals surface area contributed by atoms with Crippen molar-refractivity contribution >= 4 is 0 Å². The van der Waals surface area contributed by atoms with Crippen molar-refractivity contribution in [2.24, 2.45) is 0 Å². The lowest BCUT2D eigenvalue weighted by molar-refractivity contribution is -0.644. The summed E-state index contributed by atoms with van der Waals surface area (Å²) in [4.78, 5) is 0. The predicted octanol–water partition coefficient (Wildman–Crippen LogP) is -0.304. The second kappa shape index (κ2) is 2.35. The van der Waals surface area contributed by atoms with E-state index in [1.807, 2.05) is 12.1 Å². The standard InChI is InChI=1S/C6H9N2O/c1-9-6-4-2-3-5-8(6)7/h2-5H,7H2,1H3/q+1. The van der Waals surface area contributed by atoms with E-state index in [1.54, 1.807) is 19.4 Å². The molecule has 2 N–H and O–H groups in total. The van der Waals surface area contributed by atoms with Crippen LogP contribution in [0.4, 0.5) is 0 Å². The fourth-order valence-corrected chi connectivity index (χ4v) is 0.613. The summed E-state index contributed by atoms with van der Waals surface area (Å²) in [5.41, 5.74) is 0. The quantitative estimate of drug-likeness (QED) is 0.413. The van der Waals surface area contributed by atoms with E-state index in [0.29, 0.717) is 5.88 Å². The number of nitrogen functional groups attached to an aromatic ring is 1. The lowest BCUT2D eigenvalue weighted by Gasteiger charge is -1.92. The molecule has 1 aromatic rings. The van der Waals surface area contributed by atoms with Gasteiger partial charge in [-0.3, -0.25) is 0 Å². The van der Waals surface area contributed by atoms with E-state index in [1.165, 1.54) is 4.68 Å². The highest BCUT2D eigenvalue weighted by atomic mass is 16.5. The number of ether oxygens (including phenoxy) is 1. The van der Waals surface area contributed by atoms with Crippen LogP contribution >= 0.6 is 0 Å². The van der Waals surface area contributed by atoms with Gasteiger partial charge < -0.3 is 4.74 Å². The van der Waals surface area contributed by atoms with Crippen LogP contribution in [0.5, 0.6) is 5.88 Å². The summed E-state index contributed by atoms with van der Waals surface area (Å²) in [6.07, 6.45) is 1.72. The summed E-state index contributed by atoms with van der Waals surface area (Å²) in [5.74, 6) is 6.07. The molecule has 1 aromatic heterocycles. The van der Waals surface area contributed by atoms with Crippen molar-refractivity contribution in [3.05, 3.63) is 24.4 Å².